The number of morpholine rings is 1. The van der Waals surface area contributed by atoms with Crippen molar-refractivity contribution in [3.05, 3.63) is 59.9 Å². The monoisotopic (exact) mass is 381 g/mol. The fraction of sp³-hybridized carbons (Fsp3) is 0.455. The largest absolute Gasteiger partial charge is 0.508 e. The maximum Gasteiger partial charge on any atom is 0.227 e. The molecule has 0 atom stereocenters. The van der Waals surface area contributed by atoms with Crippen molar-refractivity contribution < 1.29 is 14.6 Å². The summed E-state index contributed by atoms with van der Waals surface area (Å²) in [5, 5.41) is 9.61. The summed E-state index contributed by atoms with van der Waals surface area (Å²) < 4.78 is 6.18. The third kappa shape index (κ3) is 4.51. The van der Waals surface area contributed by atoms with Gasteiger partial charge in [0.1, 0.15) is 5.75 Å². The molecule has 1 aromatic carbocycles. The number of rotatable bonds is 4. The van der Waals surface area contributed by atoms with Crippen LogP contribution >= 0.6 is 0 Å². The highest BCUT2D eigenvalue weighted by Gasteiger charge is 2.40. The van der Waals surface area contributed by atoms with Gasteiger partial charge < -0.3 is 14.7 Å². The van der Waals surface area contributed by atoms with Crippen LogP contribution in [0.2, 0.25) is 0 Å². The molecule has 1 spiro atoms. The Hall–Kier alpha value is -2.44. The normalized spacial score (nSPS) is 19.6. The summed E-state index contributed by atoms with van der Waals surface area (Å²) >= 11 is 0. The molecule has 4 rings (SSSR count). The minimum absolute atomic E-state index is 0.104. The third-order valence-electron chi connectivity index (χ3n) is 5.79. The first-order valence-corrected chi connectivity index (χ1v) is 9.93. The quantitative estimate of drug-likeness (QED) is 0.880. The van der Waals surface area contributed by atoms with Crippen molar-refractivity contribution >= 4 is 5.91 Å². The molecule has 0 unspecified atom stereocenters. The number of hydrogen-bond acceptors (Lipinski definition) is 5. The van der Waals surface area contributed by atoms with Gasteiger partial charge >= 0.3 is 0 Å². The molecule has 1 aromatic heterocycles. The lowest BCUT2D eigenvalue weighted by Crippen LogP contribution is -2.58. The van der Waals surface area contributed by atoms with Gasteiger partial charge in [0.25, 0.3) is 0 Å². The average Bonchev–Trinajstić information content (AvgIpc) is 2.71. The number of benzene rings is 1. The summed E-state index contributed by atoms with van der Waals surface area (Å²) in [7, 11) is 0. The molecule has 6 nitrogen and oxygen atoms in total. The van der Waals surface area contributed by atoms with E-state index in [1.165, 1.54) is 5.56 Å². The number of phenolic OH excluding ortho intramolecular Hbond substituents is 1. The molecule has 0 aliphatic carbocycles. The van der Waals surface area contributed by atoms with Gasteiger partial charge in [-0.2, -0.15) is 0 Å². The van der Waals surface area contributed by atoms with E-state index in [9.17, 15) is 9.90 Å². The number of likely N-dealkylation sites (tertiary alicyclic amines) is 1. The number of aromatic nitrogens is 1. The first-order valence-electron chi connectivity index (χ1n) is 9.93. The number of nitrogens with zero attached hydrogens (tertiary/aromatic N) is 3. The van der Waals surface area contributed by atoms with E-state index in [0.717, 1.165) is 38.0 Å². The zero-order valence-electron chi connectivity index (χ0n) is 16.1. The number of carbonyl (C=O) groups excluding carboxylic acids is 1. The lowest BCUT2D eigenvalue weighted by Gasteiger charge is -2.47. The van der Waals surface area contributed by atoms with Gasteiger partial charge in [-0.15, -0.1) is 0 Å². The van der Waals surface area contributed by atoms with E-state index in [2.05, 4.69) is 22.0 Å². The first kappa shape index (κ1) is 18.9. The van der Waals surface area contributed by atoms with Crippen LogP contribution in [0.3, 0.4) is 0 Å². The lowest BCUT2D eigenvalue weighted by molar-refractivity contribution is -0.159. The number of carbonyl (C=O) groups is 1. The molecule has 3 heterocycles. The lowest BCUT2D eigenvalue weighted by atomic mass is 9.89. The highest BCUT2D eigenvalue weighted by atomic mass is 16.5. The van der Waals surface area contributed by atoms with Crippen LogP contribution in [0.25, 0.3) is 0 Å². The van der Waals surface area contributed by atoms with Crippen LogP contribution in [0, 0.1) is 0 Å². The Morgan fingerprint density at radius 3 is 2.64 bits per heavy atom. The summed E-state index contributed by atoms with van der Waals surface area (Å²) in [5.74, 6) is 0.304. The van der Waals surface area contributed by atoms with Crippen LogP contribution in [0.5, 0.6) is 5.75 Å². The Morgan fingerprint density at radius 2 is 1.89 bits per heavy atom. The van der Waals surface area contributed by atoms with Crippen LogP contribution in [0.4, 0.5) is 0 Å². The summed E-state index contributed by atoms with van der Waals surface area (Å²) in [6.45, 7) is 4.76. The standard InChI is InChI=1S/C22H27N3O3/c26-20-3-1-2-19(14-20)15-21(27)25-12-13-28-22(17-25)6-10-24(11-7-22)16-18-4-8-23-9-5-18/h1-5,8-9,14,26H,6-7,10-13,15-17H2. The zero-order valence-corrected chi connectivity index (χ0v) is 16.1. The van der Waals surface area contributed by atoms with Crippen molar-refractivity contribution in [1.82, 2.24) is 14.8 Å². The van der Waals surface area contributed by atoms with E-state index in [-0.39, 0.29) is 17.3 Å². The van der Waals surface area contributed by atoms with Gasteiger partial charge in [0.15, 0.2) is 0 Å². The molecule has 2 aromatic rings. The highest BCUT2D eigenvalue weighted by Crippen LogP contribution is 2.31. The van der Waals surface area contributed by atoms with Gasteiger partial charge in [-0.05, 0) is 48.2 Å². The smallest absolute Gasteiger partial charge is 0.227 e. The van der Waals surface area contributed by atoms with Crippen LogP contribution < -0.4 is 0 Å². The molecule has 2 saturated heterocycles. The highest BCUT2D eigenvalue weighted by molar-refractivity contribution is 5.79. The SMILES string of the molecule is O=C(Cc1cccc(O)c1)N1CCOC2(CCN(Cc3ccncc3)CC2)C1. The molecule has 28 heavy (non-hydrogen) atoms. The van der Waals surface area contributed by atoms with Crippen molar-refractivity contribution in [2.75, 3.05) is 32.8 Å². The molecule has 2 fully saturated rings. The predicted octanol–water partition coefficient (Wildman–Crippen LogP) is 2.22. The fourth-order valence-corrected chi connectivity index (χ4v) is 4.18. The van der Waals surface area contributed by atoms with Gasteiger partial charge in [0.2, 0.25) is 5.91 Å². The first-order chi connectivity index (χ1) is 13.6. The molecule has 2 aliphatic heterocycles. The summed E-state index contributed by atoms with van der Waals surface area (Å²) in [6.07, 6.45) is 5.86. The molecule has 0 saturated carbocycles. The maximum absolute atomic E-state index is 12.8. The van der Waals surface area contributed by atoms with Crippen LogP contribution in [0.15, 0.2) is 48.8 Å². The predicted molar refractivity (Wildman–Crippen MR) is 106 cm³/mol. The van der Waals surface area contributed by atoms with E-state index in [0.29, 0.717) is 26.1 Å². The number of pyridine rings is 1. The maximum atomic E-state index is 12.8. The summed E-state index contributed by atoms with van der Waals surface area (Å²) in [5.41, 5.74) is 1.90. The number of phenols is 1. The van der Waals surface area contributed by atoms with Crippen LogP contribution in [-0.2, 0) is 22.5 Å². The number of hydrogen-bond donors (Lipinski definition) is 1. The molecule has 148 valence electrons. The van der Waals surface area contributed by atoms with Gasteiger partial charge in [-0.1, -0.05) is 12.1 Å². The Morgan fingerprint density at radius 1 is 1.11 bits per heavy atom. The van der Waals surface area contributed by atoms with Crippen LogP contribution in [0.1, 0.15) is 24.0 Å². The third-order valence-corrected chi connectivity index (χ3v) is 5.79. The Labute approximate surface area is 165 Å². The van der Waals surface area contributed by atoms with E-state index < -0.39 is 0 Å². The van der Waals surface area contributed by atoms with Crippen molar-refractivity contribution in [1.29, 1.82) is 0 Å². The molecule has 2 aliphatic rings. The van der Waals surface area contributed by atoms with E-state index in [4.69, 9.17) is 4.74 Å². The van der Waals surface area contributed by atoms with Crippen molar-refractivity contribution in [2.24, 2.45) is 0 Å². The van der Waals surface area contributed by atoms with Gasteiger partial charge in [-0.3, -0.25) is 14.7 Å². The van der Waals surface area contributed by atoms with Crippen molar-refractivity contribution in [3.63, 3.8) is 0 Å². The molecular weight excluding hydrogens is 354 g/mol. The topological polar surface area (TPSA) is 65.9 Å². The summed E-state index contributed by atoms with van der Waals surface area (Å²) in [6, 6.07) is 11.1. The van der Waals surface area contributed by atoms with Gasteiger partial charge in [0, 0.05) is 45.1 Å². The minimum Gasteiger partial charge on any atom is -0.508 e. The minimum atomic E-state index is -0.221. The number of amides is 1. The van der Waals surface area contributed by atoms with Gasteiger partial charge in [-0.25, -0.2) is 0 Å². The van der Waals surface area contributed by atoms with E-state index >= 15 is 0 Å². The summed E-state index contributed by atoms with van der Waals surface area (Å²) in [4.78, 5) is 21.2. The second-order valence-corrected chi connectivity index (χ2v) is 7.83. The molecule has 6 heteroatoms. The molecule has 1 N–H and O–H groups in total. The van der Waals surface area contributed by atoms with E-state index in [1.54, 1.807) is 18.2 Å². The molecular formula is C22H27N3O3. The van der Waals surface area contributed by atoms with Crippen LogP contribution in [-0.4, -0.2) is 64.2 Å². The number of piperidine rings is 1. The molecule has 1 amide bonds. The average molecular weight is 381 g/mol. The molecule has 0 bridgehead atoms. The Bertz CT molecular complexity index is 804. The van der Waals surface area contributed by atoms with Gasteiger partial charge in [0.05, 0.1) is 18.6 Å². The molecule has 0 radical (unpaired) electrons. The second-order valence-electron chi connectivity index (χ2n) is 7.83. The van der Waals surface area contributed by atoms with Crippen molar-refractivity contribution in [2.45, 2.75) is 31.4 Å². The Kier molecular flexibility index (Phi) is 5.59. The zero-order chi connectivity index (χ0) is 19.4. The Balaban J connectivity index is 1.33. The van der Waals surface area contributed by atoms with E-state index in [1.807, 2.05) is 23.4 Å². The number of ether oxygens (including phenoxy) is 1. The fourth-order valence-electron chi connectivity index (χ4n) is 4.18. The van der Waals surface area contributed by atoms with Crippen molar-refractivity contribution in [3.8, 4) is 5.75 Å². The number of aromatic hydroxyl groups is 1. The second kappa shape index (κ2) is 8.29.